The zero-order chi connectivity index (χ0) is 15.0. The van der Waals surface area contributed by atoms with Gasteiger partial charge in [0.2, 0.25) is 0 Å². The summed E-state index contributed by atoms with van der Waals surface area (Å²) in [6.45, 7) is 5.09. The first-order valence-electron chi connectivity index (χ1n) is 8.13. The minimum Gasteiger partial charge on any atom is -0.480 e. The molecule has 0 aromatic heterocycles. The van der Waals surface area contributed by atoms with Gasteiger partial charge in [-0.1, -0.05) is 31.2 Å². The topological polar surface area (TPSA) is 40.5 Å². The monoisotopic (exact) mass is 287 g/mol. The molecule has 1 heterocycles. The lowest BCUT2D eigenvalue weighted by Crippen LogP contribution is -2.56. The number of carbonyl (C=O) groups is 1. The van der Waals surface area contributed by atoms with Crippen LogP contribution in [-0.2, 0) is 4.79 Å². The Morgan fingerprint density at radius 1 is 1.24 bits per heavy atom. The SMILES string of the molecule is CC1CCC(N2CCCCC2(C)C(=O)O)c2ccccc21. The van der Waals surface area contributed by atoms with Crippen LogP contribution < -0.4 is 0 Å². The number of carboxylic acid groups (broad SMARTS) is 1. The average molecular weight is 287 g/mol. The largest absolute Gasteiger partial charge is 0.480 e. The molecule has 1 fully saturated rings. The van der Waals surface area contributed by atoms with Gasteiger partial charge in [-0.15, -0.1) is 0 Å². The summed E-state index contributed by atoms with van der Waals surface area (Å²) in [5.41, 5.74) is 2.05. The number of nitrogens with zero attached hydrogens (tertiary/aromatic N) is 1. The van der Waals surface area contributed by atoms with E-state index < -0.39 is 11.5 Å². The Morgan fingerprint density at radius 2 is 1.95 bits per heavy atom. The maximum Gasteiger partial charge on any atom is 0.323 e. The molecule has 21 heavy (non-hydrogen) atoms. The Morgan fingerprint density at radius 3 is 2.67 bits per heavy atom. The van der Waals surface area contributed by atoms with Crippen molar-refractivity contribution in [2.75, 3.05) is 6.54 Å². The van der Waals surface area contributed by atoms with Crippen molar-refractivity contribution in [1.29, 1.82) is 0 Å². The molecule has 1 aliphatic carbocycles. The molecule has 3 unspecified atom stereocenters. The van der Waals surface area contributed by atoms with Gasteiger partial charge in [-0.2, -0.15) is 0 Å². The number of likely N-dealkylation sites (tertiary alicyclic amines) is 1. The Labute approximate surface area is 127 Å². The number of rotatable bonds is 2. The molecular weight excluding hydrogens is 262 g/mol. The molecule has 1 saturated heterocycles. The smallest absolute Gasteiger partial charge is 0.323 e. The Hall–Kier alpha value is -1.35. The molecule has 1 aromatic rings. The Bertz CT molecular complexity index is 542. The first-order chi connectivity index (χ1) is 10.0. The van der Waals surface area contributed by atoms with Crippen LogP contribution in [-0.4, -0.2) is 28.1 Å². The first-order valence-corrected chi connectivity index (χ1v) is 8.13. The van der Waals surface area contributed by atoms with Gasteiger partial charge >= 0.3 is 5.97 Å². The van der Waals surface area contributed by atoms with Crippen molar-refractivity contribution in [3.05, 3.63) is 35.4 Å². The molecule has 0 spiro atoms. The van der Waals surface area contributed by atoms with Gasteiger partial charge in [0.15, 0.2) is 0 Å². The summed E-state index contributed by atoms with van der Waals surface area (Å²) in [4.78, 5) is 14.1. The van der Waals surface area contributed by atoms with E-state index in [9.17, 15) is 9.90 Å². The highest BCUT2D eigenvalue weighted by atomic mass is 16.4. The van der Waals surface area contributed by atoms with Gasteiger partial charge in [0.1, 0.15) is 5.54 Å². The highest BCUT2D eigenvalue weighted by Crippen LogP contribution is 2.44. The van der Waals surface area contributed by atoms with Crippen molar-refractivity contribution in [1.82, 2.24) is 4.90 Å². The molecule has 3 atom stereocenters. The molecule has 1 aliphatic heterocycles. The number of hydrogen-bond donors (Lipinski definition) is 1. The van der Waals surface area contributed by atoms with Crippen LogP contribution in [0.15, 0.2) is 24.3 Å². The maximum atomic E-state index is 11.9. The van der Waals surface area contributed by atoms with E-state index in [-0.39, 0.29) is 6.04 Å². The van der Waals surface area contributed by atoms with Crippen LogP contribution in [0.5, 0.6) is 0 Å². The first kappa shape index (κ1) is 14.6. The van der Waals surface area contributed by atoms with Crippen molar-refractivity contribution in [3.63, 3.8) is 0 Å². The summed E-state index contributed by atoms with van der Waals surface area (Å²) in [6, 6.07) is 8.87. The van der Waals surface area contributed by atoms with E-state index in [0.29, 0.717) is 5.92 Å². The number of hydrogen-bond acceptors (Lipinski definition) is 2. The van der Waals surface area contributed by atoms with Gasteiger partial charge in [-0.3, -0.25) is 9.69 Å². The van der Waals surface area contributed by atoms with Crippen LogP contribution in [0.3, 0.4) is 0 Å². The van der Waals surface area contributed by atoms with Crippen LogP contribution in [0.4, 0.5) is 0 Å². The second kappa shape index (κ2) is 5.45. The van der Waals surface area contributed by atoms with Crippen molar-refractivity contribution in [3.8, 4) is 0 Å². The quantitative estimate of drug-likeness (QED) is 0.895. The Balaban J connectivity index is 2.00. The summed E-state index contributed by atoms with van der Waals surface area (Å²) < 4.78 is 0. The van der Waals surface area contributed by atoms with Gasteiger partial charge in [-0.05, 0) is 62.6 Å². The second-order valence-electron chi connectivity index (χ2n) is 6.85. The average Bonchev–Trinajstić information content (AvgIpc) is 2.49. The third-order valence-corrected chi connectivity index (χ3v) is 5.54. The summed E-state index contributed by atoms with van der Waals surface area (Å²) in [5, 5.41) is 9.76. The zero-order valence-corrected chi connectivity index (χ0v) is 13.0. The molecule has 2 aliphatic rings. The number of aliphatic carboxylic acids is 1. The van der Waals surface area contributed by atoms with E-state index in [4.69, 9.17) is 0 Å². The third-order valence-electron chi connectivity index (χ3n) is 5.54. The molecule has 3 rings (SSSR count). The predicted molar refractivity (Wildman–Crippen MR) is 83.4 cm³/mol. The van der Waals surface area contributed by atoms with E-state index >= 15 is 0 Å². The lowest BCUT2D eigenvalue weighted by molar-refractivity contribution is -0.155. The van der Waals surface area contributed by atoms with E-state index in [1.54, 1.807) is 0 Å². The van der Waals surface area contributed by atoms with Crippen LogP contribution in [0.25, 0.3) is 0 Å². The van der Waals surface area contributed by atoms with E-state index in [1.165, 1.54) is 11.1 Å². The van der Waals surface area contributed by atoms with Gasteiger partial charge in [0, 0.05) is 6.04 Å². The molecule has 0 amide bonds. The number of fused-ring (bicyclic) bond motifs is 1. The van der Waals surface area contributed by atoms with Crippen LogP contribution in [0.1, 0.15) is 69.0 Å². The molecule has 3 heteroatoms. The van der Waals surface area contributed by atoms with Crippen molar-refractivity contribution >= 4 is 5.97 Å². The summed E-state index contributed by atoms with van der Waals surface area (Å²) in [7, 11) is 0. The fourth-order valence-corrected chi connectivity index (χ4v) is 4.18. The van der Waals surface area contributed by atoms with Gasteiger partial charge < -0.3 is 5.11 Å². The molecule has 0 radical (unpaired) electrons. The minimum atomic E-state index is -0.712. The molecule has 0 bridgehead atoms. The lowest BCUT2D eigenvalue weighted by Gasteiger charge is -2.48. The summed E-state index contributed by atoms with van der Waals surface area (Å²) in [6.07, 6.45) is 5.10. The fraction of sp³-hybridized carbons (Fsp3) is 0.611. The standard InChI is InChI=1S/C18H25NO2/c1-13-9-10-16(15-8-4-3-7-14(13)15)19-12-6-5-11-18(19,2)17(20)21/h3-4,7-8,13,16H,5-6,9-12H2,1-2H3,(H,20,21). The summed E-state index contributed by atoms with van der Waals surface area (Å²) in [5.74, 6) is -0.0865. The highest BCUT2D eigenvalue weighted by molar-refractivity contribution is 5.78. The molecule has 114 valence electrons. The minimum absolute atomic E-state index is 0.263. The van der Waals surface area contributed by atoms with Gasteiger partial charge in [0.05, 0.1) is 0 Å². The van der Waals surface area contributed by atoms with E-state index in [2.05, 4.69) is 36.1 Å². The molecule has 1 aromatic carbocycles. The molecule has 0 saturated carbocycles. The lowest BCUT2D eigenvalue weighted by atomic mass is 9.77. The van der Waals surface area contributed by atoms with Gasteiger partial charge in [0.25, 0.3) is 0 Å². The van der Waals surface area contributed by atoms with Crippen molar-refractivity contribution < 1.29 is 9.90 Å². The van der Waals surface area contributed by atoms with E-state index in [1.807, 2.05) is 6.92 Å². The Kier molecular flexibility index (Phi) is 3.78. The van der Waals surface area contributed by atoms with E-state index in [0.717, 1.165) is 38.6 Å². The normalized spacial score (nSPS) is 33.4. The number of benzene rings is 1. The number of carboxylic acids is 1. The fourth-order valence-electron chi connectivity index (χ4n) is 4.18. The second-order valence-corrected chi connectivity index (χ2v) is 6.85. The molecule has 1 N–H and O–H groups in total. The highest BCUT2D eigenvalue weighted by Gasteiger charge is 2.45. The zero-order valence-electron chi connectivity index (χ0n) is 13.0. The number of piperidine rings is 1. The van der Waals surface area contributed by atoms with Crippen LogP contribution >= 0.6 is 0 Å². The predicted octanol–water partition coefficient (Wildman–Crippen LogP) is 3.95. The van der Waals surface area contributed by atoms with Gasteiger partial charge in [-0.25, -0.2) is 0 Å². The third kappa shape index (κ3) is 2.38. The van der Waals surface area contributed by atoms with Crippen molar-refractivity contribution in [2.24, 2.45) is 0 Å². The summed E-state index contributed by atoms with van der Waals surface area (Å²) >= 11 is 0. The maximum absolute atomic E-state index is 11.9. The molecular formula is C18H25NO2. The van der Waals surface area contributed by atoms with Crippen LogP contribution in [0, 0.1) is 0 Å². The van der Waals surface area contributed by atoms with Crippen molar-refractivity contribution in [2.45, 2.75) is 63.5 Å². The molecule has 3 nitrogen and oxygen atoms in total. The van der Waals surface area contributed by atoms with Crippen LogP contribution in [0.2, 0.25) is 0 Å².